The van der Waals surface area contributed by atoms with Crippen molar-refractivity contribution in [2.75, 3.05) is 7.11 Å². The lowest BCUT2D eigenvalue weighted by atomic mass is 10.3. The normalized spacial score (nSPS) is 11.9. The van der Waals surface area contributed by atoms with Crippen LogP contribution in [0.4, 0.5) is 5.69 Å². The first-order valence-electron chi connectivity index (χ1n) is 5.79. The number of ether oxygens (including phenoxy) is 2. The predicted molar refractivity (Wildman–Crippen MR) is 74.7 cm³/mol. The monoisotopic (exact) mass is 295 g/mol. The molecule has 106 valence electrons. The van der Waals surface area contributed by atoms with Gasteiger partial charge in [-0.1, -0.05) is 17.4 Å². The minimum Gasteiger partial charge on any atom is -0.497 e. The molecule has 0 fully saturated rings. The molecule has 1 heterocycles. The molecule has 0 bridgehead atoms. The summed E-state index contributed by atoms with van der Waals surface area (Å²) in [5.74, 6) is 1.03. The second-order valence-electron chi connectivity index (χ2n) is 4.04. The van der Waals surface area contributed by atoms with Gasteiger partial charge in [0.05, 0.1) is 18.1 Å². The molecule has 7 heteroatoms. The van der Waals surface area contributed by atoms with Crippen molar-refractivity contribution in [1.82, 2.24) is 0 Å². The fraction of sp³-hybridized carbons (Fsp3) is 0.231. The van der Waals surface area contributed by atoms with Gasteiger partial charge >= 0.3 is 5.69 Å². The molecule has 1 N–H and O–H groups in total. The van der Waals surface area contributed by atoms with Crippen LogP contribution in [-0.2, 0) is 0 Å². The molecule has 0 saturated heterocycles. The first kappa shape index (κ1) is 14.3. The Morgan fingerprint density at radius 3 is 2.65 bits per heavy atom. The standard InChI is InChI=1S/C13H13NO5S/c1-8(15)12-7-11(14(16)17)13(20-12)19-10-5-3-4-9(6-10)18-2/h3-8,15H,1-2H3. The van der Waals surface area contributed by atoms with Gasteiger partial charge in [0, 0.05) is 17.0 Å². The summed E-state index contributed by atoms with van der Waals surface area (Å²) >= 11 is 1.05. The second-order valence-corrected chi connectivity index (χ2v) is 5.08. The van der Waals surface area contributed by atoms with E-state index >= 15 is 0 Å². The Bertz CT molecular complexity index is 623. The molecular weight excluding hydrogens is 282 g/mol. The van der Waals surface area contributed by atoms with E-state index in [-0.39, 0.29) is 10.8 Å². The van der Waals surface area contributed by atoms with Crippen molar-refractivity contribution >= 4 is 17.0 Å². The molecule has 0 amide bonds. The van der Waals surface area contributed by atoms with E-state index in [9.17, 15) is 15.2 Å². The Hall–Kier alpha value is -2.12. The third-order valence-electron chi connectivity index (χ3n) is 2.56. The SMILES string of the molecule is COc1cccc(Oc2sc(C(C)O)cc2[N+](=O)[O-])c1. The zero-order chi connectivity index (χ0) is 14.7. The average Bonchev–Trinajstić information content (AvgIpc) is 2.83. The molecule has 0 aliphatic carbocycles. The van der Waals surface area contributed by atoms with Gasteiger partial charge in [-0.15, -0.1) is 0 Å². The topological polar surface area (TPSA) is 81.8 Å². The average molecular weight is 295 g/mol. The van der Waals surface area contributed by atoms with Crippen molar-refractivity contribution in [3.63, 3.8) is 0 Å². The summed E-state index contributed by atoms with van der Waals surface area (Å²) in [6.07, 6.45) is -0.777. The highest BCUT2D eigenvalue weighted by Crippen LogP contribution is 2.42. The molecule has 20 heavy (non-hydrogen) atoms. The fourth-order valence-corrected chi connectivity index (χ4v) is 2.49. The van der Waals surface area contributed by atoms with Crippen LogP contribution in [0, 0.1) is 10.1 Å². The zero-order valence-corrected chi connectivity index (χ0v) is 11.7. The number of aliphatic hydroxyl groups excluding tert-OH is 1. The molecule has 1 aromatic carbocycles. The van der Waals surface area contributed by atoms with E-state index in [1.165, 1.54) is 13.2 Å². The van der Waals surface area contributed by atoms with Crippen LogP contribution in [0.1, 0.15) is 17.9 Å². The highest BCUT2D eigenvalue weighted by atomic mass is 32.1. The minimum atomic E-state index is -0.777. The molecule has 2 rings (SSSR count). The number of nitro groups is 1. The maximum absolute atomic E-state index is 11.0. The first-order chi connectivity index (χ1) is 9.51. The Balaban J connectivity index is 2.34. The Morgan fingerprint density at radius 2 is 2.05 bits per heavy atom. The molecular formula is C13H13NO5S. The van der Waals surface area contributed by atoms with Gasteiger partial charge < -0.3 is 14.6 Å². The number of hydrogen-bond donors (Lipinski definition) is 1. The number of thiophene rings is 1. The van der Waals surface area contributed by atoms with Gasteiger partial charge in [-0.25, -0.2) is 0 Å². The molecule has 6 nitrogen and oxygen atoms in total. The lowest BCUT2D eigenvalue weighted by Crippen LogP contribution is -1.90. The van der Waals surface area contributed by atoms with Gasteiger partial charge in [0.15, 0.2) is 0 Å². The molecule has 1 unspecified atom stereocenters. The first-order valence-corrected chi connectivity index (χ1v) is 6.61. The number of hydrogen-bond acceptors (Lipinski definition) is 6. The van der Waals surface area contributed by atoms with Crippen molar-refractivity contribution in [1.29, 1.82) is 0 Å². The third-order valence-corrected chi connectivity index (χ3v) is 3.73. The Labute approximate surface area is 119 Å². The maximum Gasteiger partial charge on any atom is 0.323 e. The van der Waals surface area contributed by atoms with Crippen molar-refractivity contribution in [3.05, 3.63) is 45.3 Å². The van der Waals surface area contributed by atoms with Crippen LogP contribution in [0.2, 0.25) is 0 Å². The lowest BCUT2D eigenvalue weighted by Gasteiger charge is -2.05. The number of rotatable bonds is 5. The van der Waals surface area contributed by atoms with Crippen LogP contribution in [-0.4, -0.2) is 17.1 Å². The predicted octanol–water partition coefficient (Wildman–Crippen LogP) is 3.51. The molecule has 0 aliphatic rings. The van der Waals surface area contributed by atoms with E-state index in [1.54, 1.807) is 31.2 Å². The van der Waals surface area contributed by atoms with Crippen LogP contribution >= 0.6 is 11.3 Å². The summed E-state index contributed by atoms with van der Waals surface area (Å²) in [7, 11) is 1.53. The molecule has 2 aromatic rings. The second kappa shape index (κ2) is 5.89. The summed E-state index contributed by atoms with van der Waals surface area (Å²) in [4.78, 5) is 10.9. The molecule has 0 saturated carbocycles. The van der Waals surface area contributed by atoms with E-state index in [0.717, 1.165) is 11.3 Å². The highest BCUT2D eigenvalue weighted by molar-refractivity contribution is 7.14. The third kappa shape index (κ3) is 3.06. The number of nitrogens with zero attached hydrogens (tertiary/aromatic N) is 1. The highest BCUT2D eigenvalue weighted by Gasteiger charge is 2.23. The van der Waals surface area contributed by atoms with E-state index in [1.807, 2.05) is 0 Å². The van der Waals surface area contributed by atoms with Crippen molar-refractivity contribution in [3.8, 4) is 16.6 Å². The Kier molecular flexibility index (Phi) is 4.21. The number of methoxy groups -OCH3 is 1. The van der Waals surface area contributed by atoms with Crippen LogP contribution in [0.15, 0.2) is 30.3 Å². The summed E-state index contributed by atoms with van der Waals surface area (Å²) in [5.41, 5.74) is -0.159. The summed E-state index contributed by atoms with van der Waals surface area (Å²) in [5, 5.41) is 20.6. The van der Waals surface area contributed by atoms with Gasteiger partial charge in [0.2, 0.25) is 0 Å². The zero-order valence-electron chi connectivity index (χ0n) is 10.9. The molecule has 1 atom stereocenters. The number of aliphatic hydroxyl groups is 1. The summed E-state index contributed by atoms with van der Waals surface area (Å²) in [6.45, 7) is 1.55. The molecule has 0 radical (unpaired) electrons. The van der Waals surface area contributed by atoms with Crippen LogP contribution < -0.4 is 9.47 Å². The lowest BCUT2D eigenvalue weighted by molar-refractivity contribution is -0.385. The number of benzene rings is 1. The largest absolute Gasteiger partial charge is 0.497 e. The maximum atomic E-state index is 11.0. The summed E-state index contributed by atoms with van der Waals surface area (Å²) < 4.78 is 10.6. The molecule has 0 aliphatic heterocycles. The molecule has 0 spiro atoms. The van der Waals surface area contributed by atoms with Crippen molar-refractivity contribution in [2.45, 2.75) is 13.0 Å². The van der Waals surface area contributed by atoms with Crippen LogP contribution in [0.3, 0.4) is 0 Å². The van der Waals surface area contributed by atoms with Gasteiger partial charge in [-0.3, -0.25) is 10.1 Å². The van der Waals surface area contributed by atoms with E-state index in [0.29, 0.717) is 16.4 Å². The smallest absolute Gasteiger partial charge is 0.323 e. The van der Waals surface area contributed by atoms with Gasteiger partial charge in [-0.2, -0.15) is 0 Å². The van der Waals surface area contributed by atoms with E-state index in [2.05, 4.69) is 0 Å². The van der Waals surface area contributed by atoms with Gasteiger partial charge in [0.25, 0.3) is 5.06 Å². The van der Waals surface area contributed by atoms with Crippen LogP contribution in [0.25, 0.3) is 0 Å². The van der Waals surface area contributed by atoms with E-state index in [4.69, 9.17) is 9.47 Å². The van der Waals surface area contributed by atoms with Gasteiger partial charge in [-0.05, 0) is 19.1 Å². The molecule has 1 aromatic heterocycles. The fourth-order valence-electron chi connectivity index (χ4n) is 1.56. The van der Waals surface area contributed by atoms with E-state index < -0.39 is 11.0 Å². The quantitative estimate of drug-likeness (QED) is 0.674. The van der Waals surface area contributed by atoms with Gasteiger partial charge in [0.1, 0.15) is 11.5 Å². The Morgan fingerprint density at radius 1 is 1.35 bits per heavy atom. The minimum absolute atomic E-state index is 0.138. The van der Waals surface area contributed by atoms with Crippen LogP contribution in [0.5, 0.6) is 16.6 Å². The van der Waals surface area contributed by atoms with Crippen molar-refractivity contribution < 1.29 is 19.5 Å². The summed E-state index contributed by atoms with van der Waals surface area (Å²) in [6, 6.07) is 8.10. The van der Waals surface area contributed by atoms with Crippen molar-refractivity contribution in [2.24, 2.45) is 0 Å².